The average molecular weight is 394 g/mol. The van der Waals surface area contributed by atoms with Gasteiger partial charge in [0.2, 0.25) is 0 Å². The van der Waals surface area contributed by atoms with Crippen molar-refractivity contribution in [3.63, 3.8) is 0 Å². The lowest BCUT2D eigenvalue weighted by Crippen LogP contribution is -2.30. The van der Waals surface area contributed by atoms with Gasteiger partial charge >= 0.3 is 0 Å². The van der Waals surface area contributed by atoms with Crippen molar-refractivity contribution in [1.82, 2.24) is 4.90 Å². The smallest absolute Gasteiger partial charge is 0.265 e. The van der Waals surface area contributed by atoms with Crippen LogP contribution in [0.15, 0.2) is 53.1 Å². The van der Waals surface area contributed by atoms with Crippen molar-refractivity contribution in [2.75, 3.05) is 11.9 Å². The fraction of sp³-hybridized carbons (Fsp3) is 0.273. The van der Waals surface area contributed by atoms with Gasteiger partial charge in [-0.05, 0) is 57.0 Å². The minimum atomic E-state index is -0.123. The summed E-state index contributed by atoms with van der Waals surface area (Å²) in [6.07, 6.45) is 3.41. The summed E-state index contributed by atoms with van der Waals surface area (Å²) in [6.45, 7) is 4.53. The molecule has 1 aliphatic rings. The minimum absolute atomic E-state index is 0.00666. The summed E-state index contributed by atoms with van der Waals surface area (Å²) in [5.41, 5.74) is 2.54. The fourth-order valence-corrected chi connectivity index (χ4v) is 4.60. The van der Waals surface area contributed by atoms with E-state index >= 15 is 0 Å². The lowest BCUT2D eigenvalue weighted by molar-refractivity contribution is 0.0736. The van der Waals surface area contributed by atoms with Gasteiger partial charge in [0.15, 0.2) is 0 Å². The predicted molar refractivity (Wildman–Crippen MR) is 110 cm³/mol. The van der Waals surface area contributed by atoms with Gasteiger partial charge in [0.1, 0.15) is 5.76 Å². The number of furan rings is 1. The lowest BCUT2D eigenvalue weighted by atomic mass is 10.1. The summed E-state index contributed by atoms with van der Waals surface area (Å²) in [5.74, 6) is 0.509. The van der Waals surface area contributed by atoms with E-state index in [1.54, 1.807) is 19.3 Å². The third-order valence-electron chi connectivity index (χ3n) is 5.09. The molecule has 144 valence electrons. The van der Waals surface area contributed by atoms with Gasteiger partial charge in [-0.2, -0.15) is 0 Å². The van der Waals surface area contributed by atoms with Crippen LogP contribution in [0.1, 0.15) is 55.1 Å². The van der Waals surface area contributed by atoms with Gasteiger partial charge in [-0.1, -0.05) is 17.7 Å². The largest absolute Gasteiger partial charge is 0.469 e. The highest BCUT2D eigenvalue weighted by atomic mass is 32.1. The van der Waals surface area contributed by atoms with Gasteiger partial charge in [-0.3, -0.25) is 9.59 Å². The molecule has 0 aliphatic carbocycles. The Morgan fingerprint density at radius 2 is 1.89 bits per heavy atom. The monoisotopic (exact) mass is 394 g/mol. The van der Waals surface area contributed by atoms with E-state index in [0.717, 1.165) is 35.5 Å². The van der Waals surface area contributed by atoms with Crippen LogP contribution < -0.4 is 5.32 Å². The molecule has 1 saturated heterocycles. The number of nitrogens with zero attached hydrogens (tertiary/aromatic N) is 1. The van der Waals surface area contributed by atoms with Crippen molar-refractivity contribution >= 4 is 28.8 Å². The number of nitrogens with one attached hydrogen (secondary N) is 1. The summed E-state index contributed by atoms with van der Waals surface area (Å²) < 4.78 is 5.29. The predicted octanol–water partition coefficient (Wildman–Crippen LogP) is 5.19. The number of amides is 2. The minimum Gasteiger partial charge on any atom is -0.469 e. The highest BCUT2D eigenvalue weighted by Crippen LogP contribution is 2.37. The molecular formula is C22H22N2O3S. The van der Waals surface area contributed by atoms with Gasteiger partial charge in [0.25, 0.3) is 11.8 Å². The summed E-state index contributed by atoms with van der Waals surface area (Å²) >= 11 is 1.45. The van der Waals surface area contributed by atoms with Crippen LogP contribution >= 0.6 is 11.3 Å². The number of thiophene rings is 1. The Morgan fingerprint density at radius 1 is 1.11 bits per heavy atom. The highest BCUT2D eigenvalue weighted by Gasteiger charge is 2.33. The molecule has 2 aromatic heterocycles. The van der Waals surface area contributed by atoms with Crippen LogP contribution in [0.4, 0.5) is 5.69 Å². The van der Waals surface area contributed by atoms with Crippen LogP contribution in [0.25, 0.3) is 0 Å². The first-order valence-electron chi connectivity index (χ1n) is 9.36. The number of anilines is 1. The number of benzene rings is 1. The zero-order chi connectivity index (χ0) is 19.7. The number of hydrogen-bond donors (Lipinski definition) is 1. The maximum atomic E-state index is 12.9. The summed E-state index contributed by atoms with van der Waals surface area (Å²) in [5, 5.41) is 2.93. The Labute approximate surface area is 168 Å². The molecule has 4 rings (SSSR count). The summed E-state index contributed by atoms with van der Waals surface area (Å²) in [6, 6.07) is 13.3. The molecule has 6 heteroatoms. The quantitative estimate of drug-likeness (QED) is 0.662. The van der Waals surface area contributed by atoms with E-state index in [9.17, 15) is 9.59 Å². The maximum absolute atomic E-state index is 12.9. The second-order valence-corrected chi connectivity index (χ2v) is 8.18. The van der Waals surface area contributed by atoms with Gasteiger partial charge in [0, 0.05) is 17.1 Å². The van der Waals surface area contributed by atoms with Gasteiger partial charge in [-0.15, -0.1) is 11.3 Å². The molecule has 2 amide bonds. The number of rotatable bonds is 4. The Kier molecular flexibility index (Phi) is 5.05. The van der Waals surface area contributed by atoms with E-state index < -0.39 is 0 Å². The van der Waals surface area contributed by atoms with E-state index in [1.807, 2.05) is 48.2 Å². The van der Waals surface area contributed by atoms with Crippen LogP contribution in [-0.2, 0) is 0 Å². The molecule has 0 spiro atoms. The van der Waals surface area contributed by atoms with Crippen LogP contribution in [0.2, 0.25) is 0 Å². The van der Waals surface area contributed by atoms with Crippen LogP contribution in [0.5, 0.6) is 0 Å². The Balaban J connectivity index is 1.50. The molecule has 3 aromatic rings. The third kappa shape index (κ3) is 3.60. The maximum Gasteiger partial charge on any atom is 0.265 e. The van der Waals surface area contributed by atoms with Crippen molar-refractivity contribution in [3.05, 3.63) is 75.4 Å². The lowest BCUT2D eigenvalue weighted by Gasteiger charge is -2.23. The second-order valence-electron chi connectivity index (χ2n) is 7.07. The Bertz CT molecular complexity index is 1000. The van der Waals surface area contributed by atoms with Gasteiger partial charge in [0.05, 0.1) is 22.7 Å². The van der Waals surface area contributed by atoms with Gasteiger partial charge < -0.3 is 14.6 Å². The average Bonchev–Trinajstić information content (AvgIpc) is 3.42. The number of aryl methyl sites for hydroxylation is 2. The molecule has 0 bridgehead atoms. The number of carbonyl (C=O) groups is 2. The van der Waals surface area contributed by atoms with Crippen LogP contribution in [0.3, 0.4) is 0 Å². The molecule has 1 aromatic carbocycles. The van der Waals surface area contributed by atoms with E-state index in [0.29, 0.717) is 16.2 Å². The normalized spacial score (nSPS) is 16.4. The van der Waals surface area contributed by atoms with Crippen LogP contribution in [-0.4, -0.2) is 23.3 Å². The molecule has 1 atom stereocenters. The van der Waals surface area contributed by atoms with Crippen LogP contribution in [0, 0.1) is 13.8 Å². The van der Waals surface area contributed by atoms with Crippen molar-refractivity contribution in [1.29, 1.82) is 0 Å². The zero-order valence-corrected chi connectivity index (χ0v) is 16.7. The SMILES string of the molecule is Cc1ccc(NC(=O)c2ccc(C3CCCN3C(=O)c3ccoc3C)s2)cc1. The number of hydrogen-bond acceptors (Lipinski definition) is 4. The van der Waals surface area contributed by atoms with E-state index in [1.165, 1.54) is 11.3 Å². The zero-order valence-electron chi connectivity index (χ0n) is 15.9. The molecule has 0 radical (unpaired) electrons. The molecule has 1 N–H and O–H groups in total. The third-order valence-corrected chi connectivity index (χ3v) is 6.28. The van der Waals surface area contributed by atoms with Gasteiger partial charge in [-0.25, -0.2) is 0 Å². The second kappa shape index (κ2) is 7.64. The first-order chi connectivity index (χ1) is 13.5. The topological polar surface area (TPSA) is 62.6 Å². The van der Waals surface area contributed by atoms with Crippen molar-refractivity contribution in [2.24, 2.45) is 0 Å². The van der Waals surface area contributed by atoms with E-state index in [-0.39, 0.29) is 17.9 Å². The Morgan fingerprint density at radius 3 is 2.61 bits per heavy atom. The van der Waals surface area contributed by atoms with Crippen molar-refractivity contribution in [2.45, 2.75) is 32.7 Å². The number of likely N-dealkylation sites (tertiary alicyclic amines) is 1. The molecule has 1 aliphatic heterocycles. The molecule has 1 unspecified atom stereocenters. The molecule has 0 saturated carbocycles. The van der Waals surface area contributed by atoms with Crippen molar-refractivity contribution < 1.29 is 14.0 Å². The molecule has 28 heavy (non-hydrogen) atoms. The first-order valence-corrected chi connectivity index (χ1v) is 10.2. The molecule has 1 fully saturated rings. The van der Waals surface area contributed by atoms with E-state index in [4.69, 9.17) is 4.42 Å². The standard InChI is InChI=1S/C22H22N2O3S/c1-14-5-7-16(8-6-14)23-21(25)20-10-9-19(28-20)18-4-3-12-24(18)22(26)17-11-13-27-15(17)2/h5-11,13,18H,3-4,12H2,1-2H3,(H,23,25). The molecule has 5 nitrogen and oxygen atoms in total. The number of carbonyl (C=O) groups excluding carboxylic acids is 2. The molecular weight excluding hydrogens is 372 g/mol. The van der Waals surface area contributed by atoms with E-state index in [2.05, 4.69) is 5.32 Å². The summed E-state index contributed by atoms with van der Waals surface area (Å²) in [4.78, 5) is 29.1. The fourth-order valence-electron chi connectivity index (χ4n) is 3.55. The highest BCUT2D eigenvalue weighted by molar-refractivity contribution is 7.14. The molecule has 3 heterocycles. The first kappa shape index (κ1) is 18.5. The Hall–Kier alpha value is -2.86. The van der Waals surface area contributed by atoms with Crippen molar-refractivity contribution in [3.8, 4) is 0 Å². The summed E-state index contributed by atoms with van der Waals surface area (Å²) in [7, 11) is 0.